The summed E-state index contributed by atoms with van der Waals surface area (Å²) in [5, 5.41) is 10.9. The highest BCUT2D eigenvalue weighted by Gasteiger charge is 2.40. The molecule has 0 atom stereocenters. The molecular formula is C36H51NO3. The van der Waals surface area contributed by atoms with Gasteiger partial charge in [0.05, 0.1) is 18.1 Å². The summed E-state index contributed by atoms with van der Waals surface area (Å²) >= 11 is 0. The molecule has 2 rings (SSSR count). The van der Waals surface area contributed by atoms with Gasteiger partial charge >= 0.3 is 5.97 Å². The van der Waals surface area contributed by atoms with E-state index in [0.29, 0.717) is 25.0 Å². The molecule has 0 spiro atoms. The topological polar surface area (TPSA) is 59.3 Å². The molecule has 0 radical (unpaired) electrons. The summed E-state index contributed by atoms with van der Waals surface area (Å²) in [7, 11) is 0. The fourth-order valence-electron chi connectivity index (χ4n) is 5.28. The van der Waals surface area contributed by atoms with Gasteiger partial charge in [-0.1, -0.05) is 93.5 Å². The molecule has 0 aliphatic carbocycles. The SMILES string of the molecule is CCOC(=O)/C=C/c1cccc(COc2c(C(C)(C)C)cc(C(C)(C)C)cc2C(C#N)(CC(C)C)CC(C)C)c1. The second-order valence-corrected chi connectivity index (χ2v) is 13.9. The molecule has 0 aliphatic rings. The number of rotatable bonds is 11. The van der Waals surface area contributed by atoms with Crippen molar-refractivity contribution < 1.29 is 14.3 Å². The van der Waals surface area contributed by atoms with Crippen LogP contribution in [0.15, 0.2) is 42.5 Å². The lowest BCUT2D eigenvalue weighted by Gasteiger charge is -2.36. The Kier molecular flexibility index (Phi) is 11.2. The summed E-state index contributed by atoms with van der Waals surface area (Å²) in [5.41, 5.74) is 4.32. The van der Waals surface area contributed by atoms with Gasteiger partial charge in [-0.15, -0.1) is 0 Å². The van der Waals surface area contributed by atoms with Gasteiger partial charge < -0.3 is 9.47 Å². The van der Waals surface area contributed by atoms with E-state index in [-0.39, 0.29) is 16.8 Å². The van der Waals surface area contributed by atoms with Crippen molar-refractivity contribution in [2.24, 2.45) is 11.8 Å². The first-order chi connectivity index (χ1) is 18.5. The third kappa shape index (κ3) is 8.98. The van der Waals surface area contributed by atoms with Crippen LogP contribution in [0.5, 0.6) is 5.75 Å². The predicted octanol–water partition coefficient (Wildman–Crippen LogP) is 9.29. The van der Waals surface area contributed by atoms with E-state index in [2.05, 4.69) is 87.4 Å². The Morgan fingerprint density at radius 2 is 1.52 bits per heavy atom. The Bertz CT molecular complexity index is 1210. The van der Waals surface area contributed by atoms with Crippen LogP contribution in [-0.2, 0) is 32.4 Å². The van der Waals surface area contributed by atoms with Crippen LogP contribution in [0.1, 0.15) is 117 Å². The average Bonchev–Trinajstić information content (AvgIpc) is 2.84. The maximum Gasteiger partial charge on any atom is 0.330 e. The molecule has 4 heteroatoms. The molecule has 0 aromatic heterocycles. The third-order valence-corrected chi connectivity index (χ3v) is 7.04. The molecular weight excluding hydrogens is 494 g/mol. The van der Waals surface area contributed by atoms with Crippen LogP contribution in [0.3, 0.4) is 0 Å². The average molecular weight is 546 g/mol. The molecule has 2 aromatic carbocycles. The lowest BCUT2D eigenvalue weighted by molar-refractivity contribution is -0.137. The highest BCUT2D eigenvalue weighted by atomic mass is 16.5. The molecule has 0 unspecified atom stereocenters. The highest BCUT2D eigenvalue weighted by Crippen LogP contribution is 2.47. The largest absolute Gasteiger partial charge is 0.488 e. The van der Waals surface area contributed by atoms with E-state index < -0.39 is 5.41 Å². The van der Waals surface area contributed by atoms with Gasteiger partial charge in [0, 0.05) is 17.2 Å². The summed E-state index contributed by atoms with van der Waals surface area (Å²) < 4.78 is 11.8. The number of carbonyl (C=O) groups is 1. The molecule has 4 nitrogen and oxygen atoms in total. The normalized spacial score (nSPS) is 12.7. The minimum Gasteiger partial charge on any atom is -0.488 e. The lowest BCUT2D eigenvalue weighted by Crippen LogP contribution is -2.31. The van der Waals surface area contributed by atoms with E-state index in [1.165, 1.54) is 11.6 Å². The Morgan fingerprint density at radius 1 is 0.925 bits per heavy atom. The number of ether oxygens (including phenoxy) is 2. The molecule has 218 valence electrons. The Balaban J connectivity index is 2.72. The molecule has 0 heterocycles. The minimum absolute atomic E-state index is 0.0796. The first-order valence-electron chi connectivity index (χ1n) is 14.7. The zero-order valence-electron chi connectivity index (χ0n) is 26.8. The number of nitrogens with zero attached hydrogens (tertiary/aromatic N) is 1. The molecule has 2 aromatic rings. The van der Waals surface area contributed by atoms with Gasteiger partial charge in [0.2, 0.25) is 0 Å². The molecule has 0 bridgehead atoms. The third-order valence-electron chi connectivity index (χ3n) is 7.04. The zero-order chi connectivity index (χ0) is 30.3. The molecule has 0 aliphatic heterocycles. The molecule has 0 fully saturated rings. The van der Waals surface area contributed by atoms with Gasteiger partial charge in [-0.3, -0.25) is 0 Å². The van der Waals surface area contributed by atoms with Crippen LogP contribution in [0.4, 0.5) is 0 Å². The van der Waals surface area contributed by atoms with Gasteiger partial charge in [-0.05, 0) is 77.3 Å². The highest BCUT2D eigenvalue weighted by molar-refractivity contribution is 5.87. The molecule has 0 amide bonds. The van der Waals surface area contributed by atoms with Crippen LogP contribution in [-0.4, -0.2) is 12.6 Å². The molecule has 0 N–H and O–H groups in total. The van der Waals surface area contributed by atoms with Crippen LogP contribution >= 0.6 is 0 Å². The summed E-state index contributed by atoms with van der Waals surface area (Å²) in [6.07, 6.45) is 4.74. The van der Waals surface area contributed by atoms with Crippen molar-refractivity contribution in [2.75, 3.05) is 6.61 Å². The van der Waals surface area contributed by atoms with Gasteiger partial charge in [-0.2, -0.15) is 5.26 Å². The molecule has 40 heavy (non-hydrogen) atoms. The fourth-order valence-corrected chi connectivity index (χ4v) is 5.28. The van der Waals surface area contributed by atoms with Gasteiger partial charge in [0.1, 0.15) is 12.4 Å². The van der Waals surface area contributed by atoms with Crippen LogP contribution in [0, 0.1) is 23.2 Å². The van der Waals surface area contributed by atoms with Crippen molar-refractivity contribution in [2.45, 2.75) is 112 Å². The lowest BCUT2D eigenvalue weighted by atomic mass is 9.67. The van der Waals surface area contributed by atoms with E-state index in [9.17, 15) is 10.1 Å². The Morgan fingerprint density at radius 3 is 2.02 bits per heavy atom. The Hall–Kier alpha value is -3.06. The first-order valence-corrected chi connectivity index (χ1v) is 14.7. The number of benzene rings is 2. The molecule has 0 saturated carbocycles. The molecule has 0 saturated heterocycles. The summed E-state index contributed by atoms with van der Waals surface area (Å²) in [6.45, 7) is 24.6. The van der Waals surface area contributed by atoms with Gasteiger partial charge in [-0.25, -0.2) is 4.79 Å². The van der Waals surface area contributed by atoms with E-state index in [1.54, 1.807) is 13.0 Å². The van der Waals surface area contributed by atoms with Crippen molar-refractivity contribution in [1.82, 2.24) is 0 Å². The van der Waals surface area contributed by atoms with Crippen molar-refractivity contribution in [3.8, 4) is 11.8 Å². The van der Waals surface area contributed by atoms with Crippen molar-refractivity contribution >= 4 is 12.0 Å². The van der Waals surface area contributed by atoms with Crippen LogP contribution in [0.2, 0.25) is 0 Å². The van der Waals surface area contributed by atoms with Crippen LogP contribution < -0.4 is 4.74 Å². The van der Waals surface area contributed by atoms with Crippen LogP contribution in [0.25, 0.3) is 6.08 Å². The predicted molar refractivity (Wildman–Crippen MR) is 166 cm³/mol. The number of carbonyl (C=O) groups excluding carboxylic acids is 1. The van der Waals surface area contributed by atoms with E-state index in [0.717, 1.165) is 40.8 Å². The van der Waals surface area contributed by atoms with Crippen molar-refractivity contribution in [3.63, 3.8) is 0 Å². The zero-order valence-corrected chi connectivity index (χ0v) is 26.8. The van der Waals surface area contributed by atoms with E-state index in [1.807, 2.05) is 24.3 Å². The monoisotopic (exact) mass is 545 g/mol. The summed E-state index contributed by atoms with van der Waals surface area (Å²) in [5.74, 6) is 1.18. The number of hydrogen-bond donors (Lipinski definition) is 0. The number of hydrogen-bond acceptors (Lipinski definition) is 4. The second kappa shape index (κ2) is 13.5. The van der Waals surface area contributed by atoms with E-state index in [4.69, 9.17) is 9.47 Å². The van der Waals surface area contributed by atoms with Gasteiger partial charge in [0.25, 0.3) is 0 Å². The first kappa shape index (κ1) is 33.1. The fraction of sp³-hybridized carbons (Fsp3) is 0.556. The second-order valence-electron chi connectivity index (χ2n) is 13.9. The quantitative estimate of drug-likeness (QED) is 0.208. The maximum absolute atomic E-state index is 11.8. The van der Waals surface area contributed by atoms with Gasteiger partial charge in [0.15, 0.2) is 0 Å². The smallest absolute Gasteiger partial charge is 0.330 e. The standard InChI is InChI=1S/C36H51NO3/c1-12-39-32(38)17-16-27-14-13-15-28(18-27)23-40-33-30(35(9,10)11)19-29(34(6,7)8)20-31(33)36(24-37,21-25(2)3)22-26(4)5/h13-20,25-26H,12,21-23H2,1-11H3/b17-16+. The maximum atomic E-state index is 11.8. The summed E-state index contributed by atoms with van der Waals surface area (Å²) in [4.78, 5) is 11.8. The van der Waals surface area contributed by atoms with Crippen molar-refractivity contribution in [1.29, 1.82) is 5.26 Å². The van der Waals surface area contributed by atoms with Crippen molar-refractivity contribution in [3.05, 3.63) is 70.3 Å². The minimum atomic E-state index is -0.664. The Labute approximate surface area is 243 Å². The van der Waals surface area contributed by atoms with E-state index >= 15 is 0 Å². The number of nitriles is 1. The number of esters is 1. The summed E-state index contributed by atoms with van der Waals surface area (Å²) in [6, 6.07) is 15.3.